The van der Waals surface area contributed by atoms with Gasteiger partial charge in [-0.05, 0) is 70.9 Å². The van der Waals surface area contributed by atoms with Crippen LogP contribution in [-0.4, -0.2) is 45.0 Å². The number of phenols is 1. The molecule has 3 aromatic rings. The highest BCUT2D eigenvalue weighted by molar-refractivity contribution is 9.10. The van der Waals surface area contributed by atoms with Crippen molar-refractivity contribution in [2.45, 2.75) is 19.5 Å². The molecular weight excluding hydrogens is 546 g/mol. The number of aliphatic carboxylic acids is 1. The quantitative estimate of drug-likeness (QED) is 0.240. The van der Waals surface area contributed by atoms with Gasteiger partial charge in [-0.25, -0.2) is 10.4 Å². The molecule has 1 heterocycles. The molecule has 0 unspecified atom stereocenters. The van der Waals surface area contributed by atoms with Gasteiger partial charge in [0.1, 0.15) is 11.8 Å². The minimum atomic E-state index is -1.30. The minimum absolute atomic E-state index is 0.0643. The maximum absolute atomic E-state index is 13.2. The summed E-state index contributed by atoms with van der Waals surface area (Å²) in [6.07, 6.45) is 0. The molecule has 3 amide bonds. The largest absolute Gasteiger partial charge is 0.508 e. The van der Waals surface area contributed by atoms with E-state index in [1.807, 2.05) is 0 Å². The first-order valence-corrected chi connectivity index (χ1v) is 11.2. The number of carbonyl (C=O) groups excluding carboxylic acids is 3. The molecule has 0 radical (unpaired) electrons. The highest BCUT2D eigenvalue weighted by atomic mass is 79.9. The van der Waals surface area contributed by atoms with Crippen molar-refractivity contribution in [2.24, 2.45) is 0 Å². The molecule has 1 atom stereocenters. The summed E-state index contributed by atoms with van der Waals surface area (Å²) in [7, 11) is 0. The van der Waals surface area contributed by atoms with E-state index in [0.29, 0.717) is 10.6 Å². The molecule has 0 saturated heterocycles. The number of imide groups is 1. The molecule has 1 aromatic heterocycles. The Balaban J connectivity index is 1.81. The van der Waals surface area contributed by atoms with Crippen LogP contribution in [0.4, 0.5) is 0 Å². The first-order chi connectivity index (χ1) is 16.6. The number of benzene rings is 2. The molecular formula is C23H19BrClN3O7. The molecule has 35 heavy (non-hydrogen) atoms. The van der Waals surface area contributed by atoms with Crippen LogP contribution in [-0.2, 0) is 11.3 Å². The number of carboxylic acid groups (broad SMARTS) is 1. The SMILES string of the molecule is C[C@H](NN(C(=O)c1ccc(Br)o1)C(=O)c1ccc(C(=O)NCc2cccc(O)c2)cc1Cl)C(=O)O. The molecule has 182 valence electrons. The Labute approximate surface area is 212 Å². The van der Waals surface area contributed by atoms with Crippen LogP contribution in [0, 0.1) is 0 Å². The minimum Gasteiger partial charge on any atom is -0.508 e. The number of hydrazine groups is 1. The molecule has 0 fully saturated rings. The molecule has 12 heteroatoms. The molecule has 3 rings (SSSR count). The second-order valence-electron chi connectivity index (χ2n) is 7.29. The van der Waals surface area contributed by atoms with E-state index in [1.165, 1.54) is 49.4 Å². The molecule has 0 aliphatic rings. The lowest BCUT2D eigenvalue weighted by atomic mass is 10.1. The van der Waals surface area contributed by atoms with Crippen molar-refractivity contribution in [1.29, 1.82) is 0 Å². The van der Waals surface area contributed by atoms with Crippen molar-refractivity contribution in [3.8, 4) is 5.75 Å². The number of carbonyl (C=O) groups is 4. The van der Waals surface area contributed by atoms with Gasteiger partial charge in [-0.1, -0.05) is 23.7 Å². The first kappa shape index (κ1) is 25.9. The maximum atomic E-state index is 13.2. The Morgan fingerprint density at radius 1 is 1.09 bits per heavy atom. The number of hydrogen-bond donors (Lipinski definition) is 4. The van der Waals surface area contributed by atoms with Gasteiger partial charge in [0.15, 0.2) is 10.4 Å². The second kappa shape index (κ2) is 11.2. The van der Waals surface area contributed by atoms with E-state index in [0.717, 1.165) is 0 Å². The summed E-state index contributed by atoms with van der Waals surface area (Å²) in [5.74, 6) is -3.85. The number of carboxylic acids is 1. The number of rotatable bonds is 8. The summed E-state index contributed by atoms with van der Waals surface area (Å²) in [5.41, 5.74) is 3.00. The summed E-state index contributed by atoms with van der Waals surface area (Å²) in [6, 6.07) is 11.7. The highest BCUT2D eigenvalue weighted by Gasteiger charge is 2.31. The number of phenolic OH excluding ortho intramolecular Hbond substituents is 1. The fourth-order valence-corrected chi connectivity index (χ4v) is 3.47. The van der Waals surface area contributed by atoms with Gasteiger partial charge in [0.25, 0.3) is 11.8 Å². The number of halogens is 2. The van der Waals surface area contributed by atoms with Crippen LogP contribution in [0.2, 0.25) is 5.02 Å². The van der Waals surface area contributed by atoms with E-state index in [4.69, 9.17) is 16.0 Å². The van der Waals surface area contributed by atoms with Crippen molar-refractivity contribution in [3.63, 3.8) is 0 Å². The lowest BCUT2D eigenvalue weighted by Crippen LogP contribution is -2.53. The molecule has 0 aliphatic heterocycles. The van der Waals surface area contributed by atoms with Gasteiger partial charge in [0.2, 0.25) is 0 Å². The lowest BCUT2D eigenvalue weighted by Gasteiger charge is -2.23. The molecule has 2 aromatic carbocycles. The summed E-state index contributed by atoms with van der Waals surface area (Å²) in [5, 5.41) is 21.8. The van der Waals surface area contributed by atoms with Gasteiger partial charge in [-0.15, -0.1) is 0 Å². The molecule has 0 bridgehead atoms. The zero-order valence-corrected chi connectivity index (χ0v) is 20.5. The molecule has 0 aliphatic carbocycles. The Hall–Kier alpha value is -3.67. The first-order valence-electron chi connectivity index (χ1n) is 10.1. The van der Waals surface area contributed by atoms with Crippen LogP contribution in [0.25, 0.3) is 0 Å². The zero-order valence-electron chi connectivity index (χ0n) is 18.1. The monoisotopic (exact) mass is 563 g/mol. The number of hydrogen-bond acceptors (Lipinski definition) is 7. The molecule has 0 saturated carbocycles. The fraction of sp³-hybridized carbons (Fsp3) is 0.130. The van der Waals surface area contributed by atoms with Crippen LogP contribution in [0.15, 0.2) is 63.7 Å². The van der Waals surface area contributed by atoms with E-state index < -0.39 is 29.7 Å². The number of furan rings is 1. The van der Waals surface area contributed by atoms with E-state index in [9.17, 15) is 29.4 Å². The van der Waals surface area contributed by atoms with Crippen molar-refractivity contribution < 1.29 is 33.8 Å². The zero-order chi connectivity index (χ0) is 25.7. The maximum Gasteiger partial charge on any atom is 0.322 e. The van der Waals surface area contributed by atoms with E-state index in [-0.39, 0.29) is 38.9 Å². The van der Waals surface area contributed by atoms with E-state index in [2.05, 4.69) is 26.7 Å². The van der Waals surface area contributed by atoms with Gasteiger partial charge >= 0.3 is 11.9 Å². The predicted octanol–water partition coefficient (Wildman–Crippen LogP) is 3.59. The summed E-state index contributed by atoms with van der Waals surface area (Å²) in [4.78, 5) is 49.8. The Morgan fingerprint density at radius 3 is 2.43 bits per heavy atom. The van der Waals surface area contributed by atoms with Crippen molar-refractivity contribution in [2.75, 3.05) is 0 Å². The van der Waals surface area contributed by atoms with Crippen LogP contribution in [0.5, 0.6) is 5.75 Å². The predicted molar refractivity (Wildman–Crippen MR) is 128 cm³/mol. The van der Waals surface area contributed by atoms with Crippen LogP contribution in [0.3, 0.4) is 0 Å². The fourth-order valence-electron chi connectivity index (χ4n) is 2.90. The van der Waals surface area contributed by atoms with Crippen molar-refractivity contribution in [3.05, 3.63) is 86.7 Å². The van der Waals surface area contributed by atoms with E-state index in [1.54, 1.807) is 12.1 Å². The third-order valence-electron chi connectivity index (χ3n) is 4.71. The Morgan fingerprint density at radius 2 is 1.83 bits per heavy atom. The van der Waals surface area contributed by atoms with Crippen LogP contribution >= 0.6 is 27.5 Å². The number of nitrogens with zero attached hydrogens (tertiary/aromatic N) is 1. The van der Waals surface area contributed by atoms with E-state index >= 15 is 0 Å². The normalized spacial score (nSPS) is 11.5. The smallest absolute Gasteiger partial charge is 0.322 e. The lowest BCUT2D eigenvalue weighted by molar-refractivity contribution is -0.139. The summed E-state index contributed by atoms with van der Waals surface area (Å²) < 4.78 is 5.43. The van der Waals surface area contributed by atoms with Crippen molar-refractivity contribution >= 4 is 51.2 Å². The average molecular weight is 565 g/mol. The number of amides is 3. The Kier molecular flexibility index (Phi) is 8.28. The second-order valence-corrected chi connectivity index (χ2v) is 8.47. The third kappa shape index (κ3) is 6.47. The summed E-state index contributed by atoms with van der Waals surface area (Å²) >= 11 is 9.32. The van der Waals surface area contributed by atoms with Crippen LogP contribution in [0.1, 0.15) is 43.8 Å². The van der Waals surface area contributed by atoms with Gasteiger partial charge < -0.3 is 19.9 Å². The van der Waals surface area contributed by atoms with Gasteiger partial charge in [0.05, 0.1) is 10.6 Å². The topological polar surface area (TPSA) is 149 Å². The van der Waals surface area contributed by atoms with Crippen LogP contribution < -0.4 is 10.7 Å². The van der Waals surface area contributed by atoms with Gasteiger partial charge in [-0.3, -0.25) is 19.2 Å². The van der Waals surface area contributed by atoms with Crippen molar-refractivity contribution in [1.82, 2.24) is 15.8 Å². The highest BCUT2D eigenvalue weighted by Crippen LogP contribution is 2.22. The standard InChI is InChI=1S/C23H19BrClN3O7/c1-12(23(33)34)27-28(22(32)18-7-8-19(24)35-18)21(31)16-6-5-14(10-17(16)25)20(30)26-11-13-3-2-4-15(29)9-13/h2-10,12,27,29H,11H2,1H3,(H,26,30)(H,33,34)/t12-/m0/s1. The van der Waals surface area contributed by atoms with Gasteiger partial charge in [0, 0.05) is 12.1 Å². The number of aromatic hydroxyl groups is 1. The average Bonchev–Trinajstić information content (AvgIpc) is 3.26. The molecule has 4 N–H and O–H groups in total. The molecule has 10 nitrogen and oxygen atoms in total. The van der Waals surface area contributed by atoms with Gasteiger partial charge in [-0.2, -0.15) is 0 Å². The molecule has 0 spiro atoms. The summed E-state index contributed by atoms with van der Waals surface area (Å²) in [6.45, 7) is 1.39. The third-order valence-corrected chi connectivity index (χ3v) is 5.45. The number of nitrogens with one attached hydrogen (secondary N) is 2. The Bertz CT molecular complexity index is 1290.